The molecule has 0 fully saturated rings. The molecule has 0 saturated carbocycles. The van der Waals surface area contributed by atoms with Crippen molar-refractivity contribution >= 4 is 17.6 Å². The molecule has 2 N–H and O–H groups in total. The van der Waals surface area contributed by atoms with Crippen LogP contribution in [0.1, 0.15) is 51.4 Å². The van der Waals surface area contributed by atoms with Crippen molar-refractivity contribution in [2.45, 2.75) is 51.4 Å². The van der Waals surface area contributed by atoms with E-state index in [9.17, 15) is 9.59 Å². The van der Waals surface area contributed by atoms with Crippen LogP contribution in [0.3, 0.4) is 0 Å². The normalized spacial score (nSPS) is 10.2. The smallest absolute Gasteiger partial charge is 0.303 e. The average molecular weight is 277 g/mol. The molecule has 4 heteroatoms. The molecular weight excluding hydrogens is 254 g/mol. The molecule has 0 saturated heterocycles. The van der Waals surface area contributed by atoms with Crippen molar-refractivity contribution in [1.82, 2.24) is 0 Å². The molecule has 0 aliphatic rings. The SMILES string of the molecule is O=C(O)CCCCCCCCC(=O)Nc1ccccc1. The summed E-state index contributed by atoms with van der Waals surface area (Å²) < 4.78 is 0. The molecule has 110 valence electrons. The second-order valence-electron chi connectivity index (χ2n) is 4.93. The molecule has 0 aliphatic carbocycles. The van der Waals surface area contributed by atoms with Crippen LogP contribution in [0.25, 0.3) is 0 Å². The Labute approximate surface area is 120 Å². The van der Waals surface area contributed by atoms with E-state index >= 15 is 0 Å². The third-order valence-electron chi connectivity index (χ3n) is 3.10. The number of hydrogen-bond acceptors (Lipinski definition) is 2. The molecular formula is C16H23NO3. The molecule has 0 aromatic heterocycles. The number of carboxylic acid groups (broad SMARTS) is 1. The topological polar surface area (TPSA) is 66.4 Å². The van der Waals surface area contributed by atoms with Gasteiger partial charge in [-0.25, -0.2) is 0 Å². The summed E-state index contributed by atoms with van der Waals surface area (Å²) >= 11 is 0. The Morgan fingerprint density at radius 3 is 2.00 bits per heavy atom. The summed E-state index contributed by atoms with van der Waals surface area (Å²) in [5, 5.41) is 11.4. The van der Waals surface area contributed by atoms with Gasteiger partial charge in [-0.3, -0.25) is 9.59 Å². The fourth-order valence-corrected chi connectivity index (χ4v) is 2.01. The first-order valence-electron chi connectivity index (χ1n) is 7.25. The van der Waals surface area contributed by atoms with Crippen LogP contribution in [0.2, 0.25) is 0 Å². The number of aliphatic carboxylic acids is 1. The van der Waals surface area contributed by atoms with Crippen molar-refractivity contribution in [2.24, 2.45) is 0 Å². The van der Waals surface area contributed by atoms with Gasteiger partial charge in [-0.15, -0.1) is 0 Å². The van der Waals surface area contributed by atoms with Crippen LogP contribution in [-0.4, -0.2) is 17.0 Å². The Morgan fingerprint density at radius 1 is 0.850 bits per heavy atom. The molecule has 4 nitrogen and oxygen atoms in total. The third-order valence-corrected chi connectivity index (χ3v) is 3.10. The number of carboxylic acids is 1. The van der Waals surface area contributed by atoms with Crippen LogP contribution in [-0.2, 0) is 9.59 Å². The molecule has 0 unspecified atom stereocenters. The number of para-hydroxylation sites is 1. The minimum atomic E-state index is -0.720. The van der Waals surface area contributed by atoms with Gasteiger partial charge < -0.3 is 10.4 Å². The van der Waals surface area contributed by atoms with Crippen molar-refractivity contribution in [3.05, 3.63) is 30.3 Å². The number of carbonyl (C=O) groups excluding carboxylic acids is 1. The Balaban J connectivity index is 1.96. The van der Waals surface area contributed by atoms with Crippen LogP contribution in [0.15, 0.2) is 30.3 Å². The van der Waals surface area contributed by atoms with Crippen LogP contribution in [0.4, 0.5) is 5.69 Å². The van der Waals surface area contributed by atoms with Gasteiger partial charge in [-0.1, -0.05) is 43.9 Å². The molecule has 0 bridgehead atoms. The third kappa shape index (κ3) is 8.29. The van der Waals surface area contributed by atoms with Crippen LogP contribution >= 0.6 is 0 Å². The zero-order valence-corrected chi connectivity index (χ0v) is 11.8. The van der Waals surface area contributed by atoms with E-state index in [2.05, 4.69) is 5.32 Å². The maximum absolute atomic E-state index is 11.6. The van der Waals surface area contributed by atoms with Crippen LogP contribution < -0.4 is 5.32 Å². The molecule has 1 rings (SSSR count). The summed E-state index contributed by atoms with van der Waals surface area (Å²) in [5.74, 6) is -0.662. The fraction of sp³-hybridized carbons (Fsp3) is 0.500. The van der Waals surface area contributed by atoms with Crippen molar-refractivity contribution in [3.63, 3.8) is 0 Å². The lowest BCUT2D eigenvalue weighted by molar-refractivity contribution is -0.137. The summed E-state index contributed by atoms with van der Waals surface area (Å²) in [4.78, 5) is 22.0. The van der Waals surface area contributed by atoms with E-state index in [-0.39, 0.29) is 12.3 Å². The number of carbonyl (C=O) groups is 2. The van der Waals surface area contributed by atoms with Gasteiger partial charge in [0, 0.05) is 18.5 Å². The average Bonchev–Trinajstić information content (AvgIpc) is 2.42. The fourth-order valence-electron chi connectivity index (χ4n) is 2.01. The Kier molecular flexibility index (Phi) is 8.11. The van der Waals surface area contributed by atoms with Gasteiger partial charge in [0.15, 0.2) is 0 Å². The highest BCUT2D eigenvalue weighted by Crippen LogP contribution is 2.10. The summed E-state index contributed by atoms with van der Waals surface area (Å²) in [7, 11) is 0. The van der Waals surface area contributed by atoms with Crippen LogP contribution in [0.5, 0.6) is 0 Å². The van der Waals surface area contributed by atoms with Gasteiger partial charge in [-0.05, 0) is 25.0 Å². The van der Waals surface area contributed by atoms with Crippen molar-refractivity contribution < 1.29 is 14.7 Å². The lowest BCUT2D eigenvalue weighted by Gasteiger charge is -2.04. The lowest BCUT2D eigenvalue weighted by atomic mass is 10.1. The number of unbranched alkanes of at least 4 members (excludes halogenated alkanes) is 5. The first kappa shape index (κ1) is 16.2. The molecule has 1 aromatic carbocycles. The second-order valence-corrected chi connectivity index (χ2v) is 4.93. The number of nitrogens with one attached hydrogen (secondary N) is 1. The van der Waals surface area contributed by atoms with E-state index in [1.165, 1.54) is 0 Å². The lowest BCUT2D eigenvalue weighted by Crippen LogP contribution is -2.10. The van der Waals surface area contributed by atoms with Gasteiger partial charge in [0.25, 0.3) is 0 Å². The minimum absolute atomic E-state index is 0.0575. The standard InChI is InChI=1S/C16H23NO3/c18-15(17-14-10-6-5-7-11-14)12-8-3-1-2-4-9-13-16(19)20/h5-7,10-11H,1-4,8-9,12-13H2,(H,17,18)(H,19,20). The van der Waals surface area contributed by atoms with Crippen LogP contribution in [0, 0.1) is 0 Å². The predicted octanol–water partition coefficient (Wildman–Crippen LogP) is 3.83. The Bertz CT molecular complexity index is 403. The molecule has 0 spiro atoms. The summed E-state index contributed by atoms with van der Waals surface area (Å²) in [6.45, 7) is 0. The molecule has 1 amide bonds. The minimum Gasteiger partial charge on any atom is -0.481 e. The van der Waals surface area contributed by atoms with E-state index < -0.39 is 5.97 Å². The van der Waals surface area contributed by atoms with E-state index in [0.717, 1.165) is 44.2 Å². The molecule has 0 atom stereocenters. The molecule has 0 radical (unpaired) electrons. The molecule has 1 aromatic rings. The zero-order valence-electron chi connectivity index (χ0n) is 11.8. The van der Waals surface area contributed by atoms with Crippen molar-refractivity contribution in [3.8, 4) is 0 Å². The van der Waals surface area contributed by atoms with E-state index in [4.69, 9.17) is 5.11 Å². The van der Waals surface area contributed by atoms with Gasteiger partial charge in [-0.2, -0.15) is 0 Å². The number of rotatable bonds is 10. The van der Waals surface area contributed by atoms with E-state index in [1.54, 1.807) is 0 Å². The van der Waals surface area contributed by atoms with E-state index in [0.29, 0.717) is 6.42 Å². The maximum Gasteiger partial charge on any atom is 0.303 e. The number of benzene rings is 1. The molecule has 0 heterocycles. The van der Waals surface area contributed by atoms with Gasteiger partial charge >= 0.3 is 5.97 Å². The Hall–Kier alpha value is -1.84. The predicted molar refractivity (Wildman–Crippen MR) is 79.6 cm³/mol. The van der Waals surface area contributed by atoms with Gasteiger partial charge in [0.05, 0.1) is 0 Å². The molecule has 0 aliphatic heterocycles. The van der Waals surface area contributed by atoms with Crippen molar-refractivity contribution in [1.29, 1.82) is 0 Å². The van der Waals surface area contributed by atoms with E-state index in [1.807, 2.05) is 30.3 Å². The van der Waals surface area contributed by atoms with Gasteiger partial charge in [0.2, 0.25) is 5.91 Å². The number of amides is 1. The quantitative estimate of drug-likeness (QED) is 0.639. The maximum atomic E-state index is 11.6. The Morgan fingerprint density at radius 2 is 1.40 bits per heavy atom. The first-order valence-corrected chi connectivity index (χ1v) is 7.25. The highest BCUT2D eigenvalue weighted by atomic mass is 16.4. The largest absolute Gasteiger partial charge is 0.481 e. The zero-order chi connectivity index (χ0) is 14.6. The summed E-state index contributed by atoms with van der Waals surface area (Å²) in [6, 6.07) is 9.46. The first-order chi connectivity index (χ1) is 9.68. The monoisotopic (exact) mass is 277 g/mol. The number of anilines is 1. The van der Waals surface area contributed by atoms with Gasteiger partial charge in [0.1, 0.15) is 0 Å². The second kappa shape index (κ2) is 10.0. The summed E-state index contributed by atoms with van der Waals surface area (Å²) in [5.41, 5.74) is 0.839. The number of hydrogen-bond donors (Lipinski definition) is 2. The molecule has 20 heavy (non-hydrogen) atoms. The summed E-state index contributed by atoms with van der Waals surface area (Å²) in [6.07, 6.45) is 6.55. The highest BCUT2D eigenvalue weighted by molar-refractivity contribution is 5.90. The van der Waals surface area contributed by atoms with Crippen molar-refractivity contribution in [2.75, 3.05) is 5.32 Å². The highest BCUT2D eigenvalue weighted by Gasteiger charge is 2.02.